The lowest BCUT2D eigenvalue weighted by Crippen LogP contribution is -2.39. The predicted molar refractivity (Wildman–Crippen MR) is 96.6 cm³/mol. The number of oxime groups is 1. The van der Waals surface area contributed by atoms with Gasteiger partial charge in [-0.2, -0.15) is 0 Å². The number of nitrogens with zero attached hydrogens (tertiary/aromatic N) is 2. The highest BCUT2D eigenvalue weighted by atomic mass is 35.5. The fraction of sp³-hybridized carbons (Fsp3) is 0.500. The van der Waals surface area contributed by atoms with E-state index in [2.05, 4.69) is 16.6 Å². The number of aliphatic hydroxyl groups excluding tert-OH is 1. The number of hydrogen-bond donors (Lipinski definition) is 1. The molecule has 0 saturated carbocycles. The Balaban J connectivity index is 1.85. The van der Waals surface area contributed by atoms with Gasteiger partial charge in [-0.1, -0.05) is 35.0 Å². The molecule has 1 aliphatic rings. The topological polar surface area (TPSA) is 54.3 Å². The predicted octanol–water partition coefficient (Wildman–Crippen LogP) is 2.72. The Morgan fingerprint density at radius 1 is 1.50 bits per heavy atom. The Labute approximate surface area is 148 Å². The van der Waals surface area contributed by atoms with Gasteiger partial charge in [-0.05, 0) is 24.6 Å². The molecule has 0 spiro atoms. The average Bonchev–Trinajstić information content (AvgIpc) is 3.02. The van der Waals surface area contributed by atoms with Crippen LogP contribution in [0.25, 0.3) is 0 Å². The highest BCUT2D eigenvalue weighted by Gasteiger charge is 2.25. The number of aliphatic hydroxyl groups is 1. The van der Waals surface area contributed by atoms with Gasteiger partial charge in [-0.15, -0.1) is 6.58 Å². The summed E-state index contributed by atoms with van der Waals surface area (Å²) >= 11 is 5.91. The molecule has 2 rings (SSSR count). The molecular formula is C18H25ClN2O3. The van der Waals surface area contributed by atoms with Crippen LogP contribution in [-0.2, 0) is 9.57 Å². The molecule has 1 aliphatic heterocycles. The van der Waals surface area contributed by atoms with E-state index >= 15 is 0 Å². The third-order valence-corrected chi connectivity index (χ3v) is 3.99. The van der Waals surface area contributed by atoms with Crippen LogP contribution in [0.5, 0.6) is 0 Å². The maximum atomic E-state index is 10.0. The minimum atomic E-state index is -0.525. The van der Waals surface area contributed by atoms with Crippen molar-refractivity contribution >= 4 is 17.3 Å². The van der Waals surface area contributed by atoms with Crippen molar-refractivity contribution in [2.75, 3.05) is 32.8 Å². The molecule has 0 saturated heterocycles. The van der Waals surface area contributed by atoms with E-state index in [1.165, 1.54) is 0 Å². The maximum Gasteiger partial charge on any atom is 0.145 e. The first kappa shape index (κ1) is 18.9. The van der Waals surface area contributed by atoms with Crippen LogP contribution in [0.1, 0.15) is 18.9 Å². The van der Waals surface area contributed by atoms with Gasteiger partial charge in [0.15, 0.2) is 0 Å². The largest absolute Gasteiger partial charge is 0.390 e. The molecule has 0 aliphatic carbocycles. The van der Waals surface area contributed by atoms with Crippen LogP contribution in [0, 0.1) is 0 Å². The first-order valence-electron chi connectivity index (χ1n) is 8.20. The summed E-state index contributed by atoms with van der Waals surface area (Å²) in [6.07, 6.45) is 2.00. The molecule has 1 aromatic carbocycles. The first-order chi connectivity index (χ1) is 11.6. The van der Waals surface area contributed by atoms with Crippen LogP contribution in [0.3, 0.4) is 0 Å². The van der Waals surface area contributed by atoms with Gasteiger partial charge in [0.05, 0.1) is 18.4 Å². The molecule has 0 aromatic heterocycles. The second-order valence-electron chi connectivity index (χ2n) is 5.80. The van der Waals surface area contributed by atoms with Gasteiger partial charge in [0.1, 0.15) is 6.10 Å². The van der Waals surface area contributed by atoms with E-state index in [0.29, 0.717) is 37.9 Å². The van der Waals surface area contributed by atoms with Crippen LogP contribution in [0.4, 0.5) is 0 Å². The highest BCUT2D eigenvalue weighted by Crippen LogP contribution is 2.19. The summed E-state index contributed by atoms with van der Waals surface area (Å²) in [4.78, 5) is 7.65. The summed E-state index contributed by atoms with van der Waals surface area (Å²) in [7, 11) is 0. The molecule has 0 fully saturated rings. The molecule has 0 radical (unpaired) electrons. The zero-order valence-electron chi connectivity index (χ0n) is 14.0. The lowest BCUT2D eigenvalue weighted by Gasteiger charge is -2.25. The van der Waals surface area contributed by atoms with E-state index in [4.69, 9.17) is 21.2 Å². The smallest absolute Gasteiger partial charge is 0.145 e. The van der Waals surface area contributed by atoms with Crippen molar-refractivity contribution in [3.05, 3.63) is 47.5 Å². The van der Waals surface area contributed by atoms with Gasteiger partial charge in [0.2, 0.25) is 0 Å². The zero-order valence-corrected chi connectivity index (χ0v) is 14.8. The van der Waals surface area contributed by atoms with Crippen molar-refractivity contribution in [3.63, 3.8) is 0 Å². The van der Waals surface area contributed by atoms with Gasteiger partial charge < -0.3 is 14.7 Å². The minimum Gasteiger partial charge on any atom is -0.390 e. The molecule has 0 bridgehead atoms. The van der Waals surface area contributed by atoms with E-state index in [1.54, 1.807) is 0 Å². The minimum absolute atomic E-state index is 0.0325. The molecule has 2 atom stereocenters. The molecule has 6 heteroatoms. The lowest BCUT2D eigenvalue weighted by molar-refractivity contribution is 0.00581. The van der Waals surface area contributed by atoms with Gasteiger partial charge in [-0.3, -0.25) is 4.90 Å². The van der Waals surface area contributed by atoms with Crippen LogP contribution < -0.4 is 0 Å². The third kappa shape index (κ3) is 5.91. The summed E-state index contributed by atoms with van der Waals surface area (Å²) in [5.41, 5.74) is 1.94. The molecule has 1 heterocycles. The standard InChI is InChI=1S/C18H25ClN2O3/c1-3-9-21(11-16(22)13-23-4-2)12-17-10-18(20-24-17)14-5-7-15(19)8-6-14/h3,5-8,16-17,22H,1,4,9-13H2,2H3/t16-,17+/m1/s1. The molecule has 132 valence electrons. The quantitative estimate of drug-likeness (QED) is 0.658. The monoisotopic (exact) mass is 352 g/mol. The Kier molecular flexibility index (Phi) is 7.72. The average molecular weight is 353 g/mol. The van der Waals surface area contributed by atoms with Gasteiger partial charge in [-0.25, -0.2) is 0 Å². The van der Waals surface area contributed by atoms with Crippen LogP contribution in [0.2, 0.25) is 5.02 Å². The molecular weight excluding hydrogens is 328 g/mol. The lowest BCUT2D eigenvalue weighted by atomic mass is 10.0. The SMILES string of the molecule is C=CCN(C[C@@H](O)COCC)C[C@@H]1CC(c2ccc(Cl)cc2)=NO1. The van der Waals surface area contributed by atoms with E-state index in [1.807, 2.05) is 37.3 Å². The summed E-state index contributed by atoms with van der Waals surface area (Å²) in [6.45, 7) is 8.50. The van der Waals surface area contributed by atoms with Crippen LogP contribution in [0.15, 0.2) is 42.1 Å². The number of rotatable bonds is 10. The van der Waals surface area contributed by atoms with E-state index in [0.717, 1.165) is 17.7 Å². The highest BCUT2D eigenvalue weighted by molar-refractivity contribution is 6.30. The fourth-order valence-electron chi connectivity index (χ4n) is 2.64. The van der Waals surface area contributed by atoms with Gasteiger partial charge >= 0.3 is 0 Å². The van der Waals surface area contributed by atoms with E-state index < -0.39 is 6.10 Å². The molecule has 5 nitrogen and oxygen atoms in total. The van der Waals surface area contributed by atoms with Crippen molar-refractivity contribution in [1.29, 1.82) is 0 Å². The van der Waals surface area contributed by atoms with Crippen LogP contribution >= 0.6 is 11.6 Å². The zero-order chi connectivity index (χ0) is 17.4. The second kappa shape index (κ2) is 9.79. The summed E-state index contributed by atoms with van der Waals surface area (Å²) < 4.78 is 5.26. The molecule has 0 unspecified atom stereocenters. The van der Waals surface area contributed by atoms with Crippen molar-refractivity contribution < 1.29 is 14.7 Å². The van der Waals surface area contributed by atoms with Crippen molar-refractivity contribution in [2.24, 2.45) is 5.16 Å². The van der Waals surface area contributed by atoms with Crippen LogP contribution in [-0.4, -0.2) is 60.8 Å². The normalized spacial score (nSPS) is 18.3. The van der Waals surface area contributed by atoms with E-state index in [9.17, 15) is 5.11 Å². The number of hydrogen-bond acceptors (Lipinski definition) is 5. The van der Waals surface area contributed by atoms with E-state index in [-0.39, 0.29) is 6.10 Å². The molecule has 0 amide bonds. The van der Waals surface area contributed by atoms with Gasteiger partial charge in [0, 0.05) is 37.7 Å². The molecule has 1 aromatic rings. The summed E-state index contributed by atoms with van der Waals surface area (Å²) in [6, 6.07) is 7.59. The first-order valence-corrected chi connectivity index (χ1v) is 8.57. The van der Waals surface area contributed by atoms with Crippen molar-refractivity contribution in [1.82, 2.24) is 4.90 Å². The van der Waals surface area contributed by atoms with Crippen molar-refractivity contribution in [2.45, 2.75) is 25.6 Å². The number of benzene rings is 1. The van der Waals surface area contributed by atoms with Crippen molar-refractivity contribution in [3.8, 4) is 0 Å². The summed E-state index contributed by atoms with van der Waals surface area (Å²) in [5, 5.41) is 14.9. The number of ether oxygens (including phenoxy) is 1. The second-order valence-corrected chi connectivity index (χ2v) is 6.23. The van der Waals surface area contributed by atoms with Gasteiger partial charge in [0.25, 0.3) is 0 Å². The summed E-state index contributed by atoms with van der Waals surface area (Å²) in [5.74, 6) is 0. The maximum absolute atomic E-state index is 10.0. The Bertz CT molecular complexity index is 548. The molecule has 24 heavy (non-hydrogen) atoms. The Morgan fingerprint density at radius 3 is 2.92 bits per heavy atom. The number of halogens is 1. The third-order valence-electron chi connectivity index (χ3n) is 3.74. The Morgan fingerprint density at radius 2 is 2.25 bits per heavy atom. The fourth-order valence-corrected chi connectivity index (χ4v) is 2.76. The Hall–Kier alpha value is -1.40. The molecule has 1 N–H and O–H groups in total.